The molecule has 0 bridgehead atoms. The zero-order valence-electron chi connectivity index (χ0n) is 10.9. The maximum atomic E-state index is 13.4. The third kappa shape index (κ3) is 2.11. The number of H-pyrrole nitrogens is 1. The molecule has 0 saturated heterocycles. The van der Waals surface area contributed by atoms with Crippen molar-refractivity contribution in [2.45, 2.75) is 0 Å². The molecule has 0 amide bonds. The second-order valence-corrected chi connectivity index (χ2v) is 5.53. The van der Waals surface area contributed by atoms with Crippen molar-refractivity contribution in [2.24, 2.45) is 0 Å². The van der Waals surface area contributed by atoms with Crippen LogP contribution in [0.1, 0.15) is 0 Å². The van der Waals surface area contributed by atoms with E-state index in [0.717, 1.165) is 32.7 Å². The number of rotatable bonds is 2. The van der Waals surface area contributed by atoms with Gasteiger partial charge in [-0.3, -0.25) is 4.98 Å². The van der Waals surface area contributed by atoms with Gasteiger partial charge in [0.2, 0.25) is 0 Å². The molecule has 4 rings (SSSR count). The van der Waals surface area contributed by atoms with E-state index in [4.69, 9.17) is 0 Å². The van der Waals surface area contributed by atoms with E-state index in [2.05, 4.69) is 15.0 Å². The van der Waals surface area contributed by atoms with Crippen molar-refractivity contribution in [1.82, 2.24) is 15.0 Å². The fourth-order valence-electron chi connectivity index (χ4n) is 2.32. The molecule has 1 N–H and O–H groups in total. The molecule has 0 radical (unpaired) electrons. The fraction of sp³-hybridized carbons (Fsp3) is 0. The molecule has 102 valence electrons. The highest BCUT2D eigenvalue weighted by atomic mass is 32.1. The lowest BCUT2D eigenvalue weighted by atomic mass is 10.1. The quantitative estimate of drug-likeness (QED) is 0.592. The minimum Gasteiger partial charge on any atom is -0.360 e. The molecule has 0 aliphatic heterocycles. The molecule has 3 aromatic heterocycles. The van der Waals surface area contributed by atoms with Crippen molar-refractivity contribution in [3.05, 3.63) is 60.1 Å². The largest absolute Gasteiger partial charge is 0.360 e. The number of nitrogens with zero attached hydrogens (tertiary/aromatic N) is 2. The second kappa shape index (κ2) is 4.79. The Bertz CT molecular complexity index is 912. The van der Waals surface area contributed by atoms with Crippen LogP contribution >= 0.6 is 11.3 Å². The number of hydrogen-bond acceptors (Lipinski definition) is 3. The zero-order valence-corrected chi connectivity index (χ0v) is 11.7. The van der Waals surface area contributed by atoms with E-state index < -0.39 is 0 Å². The van der Waals surface area contributed by atoms with Gasteiger partial charge in [0.25, 0.3) is 0 Å². The van der Waals surface area contributed by atoms with Crippen LogP contribution in [-0.2, 0) is 0 Å². The van der Waals surface area contributed by atoms with Crippen LogP contribution in [0.15, 0.2) is 54.3 Å². The number of pyridine rings is 1. The Morgan fingerprint density at radius 3 is 3.00 bits per heavy atom. The molecule has 1 aromatic carbocycles. The van der Waals surface area contributed by atoms with Crippen LogP contribution in [0.5, 0.6) is 0 Å². The summed E-state index contributed by atoms with van der Waals surface area (Å²) in [6.07, 6.45) is 5.39. The highest BCUT2D eigenvalue weighted by molar-refractivity contribution is 7.13. The number of benzene rings is 1. The Balaban J connectivity index is 1.83. The Kier molecular flexibility index (Phi) is 2.79. The molecule has 0 aliphatic carbocycles. The average Bonchev–Trinajstić information content (AvgIpc) is 3.14. The third-order valence-electron chi connectivity index (χ3n) is 3.33. The summed E-state index contributed by atoms with van der Waals surface area (Å²) in [7, 11) is 0. The molecule has 5 heteroatoms. The first-order chi connectivity index (χ1) is 10.3. The van der Waals surface area contributed by atoms with Crippen LogP contribution in [-0.4, -0.2) is 15.0 Å². The molecular formula is C16H10FN3S. The van der Waals surface area contributed by atoms with Crippen molar-refractivity contribution >= 4 is 22.2 Å². The average molecular weight is 295 g/mol. The summed E-state index contributed by atoms with van der Waals surface area (Å²) in [5, 5.41) is 3.73. The number of hydrogen-bond donors (Lipinski definition) is 1. The van der Waals surface area contributed by atoms with Gasteiger partial charge in [0.1, 0.15) is 10.8 Å². The summed E-state index contributed by atoms with van der Waals surface area (Å²) in [6.45, 7) is 0. The fourth-order valence-corrected chi connectivity index (χ4v) is 3.13. The van der Waals surface area contributed by atoms with E-state index in [1.54, 1.807) is 29.8 Å². The maximum Gasteiger partial charge on any atom is 0.125 e. The van der Waals surface area contributed by atoms with Crippen LogP contribution in [0.2, 0.25) is 0 Å². The summed E-state index contributed by atoms with van der Waals surface area (Å²) in [4.78, 5) is 11.9. The Labute approximate surface area is 124 Å². The molecule has 0 spiro atoms. The third-order valence-corrected chi connectivity index (χ3v) is 4.22. The van der Waals surface area contributed by atoms with Crippen molar-refractivity contribution in [3.63, 3.8) is 0 Å². The summed E-state index contributed by atoms with van der Waals surface area (Å²) in [5.41, 5.74) is 3.65. The lowest BCUT2D eigenvalue weighted by molar-refractivity contribution is 0.630. The van der Waals surface area contributed by atoms with E-state index in [1.165, 1.54) is 12.1 Å². The Morgan fingerprint density at radius 2 is 2.14 bits per heavy atom. The minimum absolute atomic E-state index is 0.244. The zero-order chi connectivity index (χ0) is 14.2. The van der Waals surface area contributed by atoms with E-state index in [1.807, 2.05) is 23.7 Å². The maximum absolute atomic E-state index is 13.4. The first-order valence-corrected chi connectivity index (χ1v) is 7.32. The molecule has 4 aromatic rings. The number of nitrogens with one attached hydrogen (secondary N) is 1. The molecule has 3 nitrogen and oxygen atoms in total. The Morgan fingerprint density at radius 1 is 1.19 bits per heavy atom. The van der Waals surface area contributed by atoms with E-state index in [-0.39, 0.29) is 5.82 Å². The van der Waals surface area contributed by atoms with Gasteiger partial charge < -0.3 is 4.98 Å². The molecule has 0 fully saturated rings. The highest BCUT2D eigenvalue weighted by Crippen LogP contribution is 2.32. The van der Waals surface area contributed by atoms with Gasteiger partial charge in [-0.25, -0.2) is 9.37 Å². The molecule has 21 heavy (non-hydrogen) atoms. The van der Waals surface area contributed by atoms with Crippen molar-refractivity contribution in [1.29, 1.82) is 0 Å². The number of thiazole rings is 1. The summed E-state index contributed by atoms with van der Waals surface area (Å²) in [5.74, 6) is -0.244. The van der Waals surface area contributed by atoms with E-state index in [0.29, 0.717) is 0 Å². The molecule has 0 unspecified atom stereocenters. The standard InChI is InChI=1S/C16H10FN3S/c17-11-3-4-14-12(6-11)13(8-19-14)15-9-21-16(20-15)10-2-1-5-18-7-10/h1-9,19H. The number of halogens is 1. The van der Waals surface area contributed by atoms with Gasteiger partial charge >= 0.3 is 0 Å². The van der Waals surface area contributed by atoms with Gasteiger partial charge in [-0.05, 0) is 30.3 Å². The molecule has 0 saturated carbocycles. The van der Waals surface area contributed by atoms with Gasteiger partial charge in [-0.15, -0.1) is 11.3 Å². The van der Waals surface area contributed by atoms with Gasteiger partial charge in [-0.2, -0.15) is 0 Å². The van der Waals surface area contributed by atoms with Crippen LogP contribution in [0.3, 0.4) is 0 Å². The van der Waals surface area contributed by atoms with Crippen LogP contribution in [0, 0.1) is 5.82 Å². The number of fused-ring (bicyclic) bond motifs is 1. The second-order valence-electron chi connectivity index (χ2n) is 4.67. The summed E-state index contributed by atoms with van der Waals surface area (Å²) in [6, 6.07) is 8.58. The van der Waals surface area contributed by atoms with Crippen LogP contribution < -0.4 is 0 Å². The molecular weight excluding hydrogens is 285 g/mol. The normalized spacial score (nSPS) is 11.1. The Hall–Kier alpha value is -2.53. The number of aromatic nitrogens is 3. The summed E-state index contributed by atoms with van der Waals surface area (Å²) >= 11 is 1.55. The van der Waals surface area contributed by atoms with Gasteiger partial charge in [0.15, 0.2) is 0 Å². The summed E-state index contributed by atoms with van der Waals surface area (Å²) < 4.78 is 13.4. The number of aromatic amines is 1. The van der Waals surface area contributed by atoms with Crippen LogP contribution in [0.4, 0.5) is 4.39 Å². The molecule has 3 heterocycles. The first kappa shape index (κ1) is 12.2. The topological polar surface area (TPSA) is 41.6 Å². The van der Waals surface area contributed by atoms with E-state index in [9.17, 15) is 4.39 Å². The van der Waals surface area contributed by atoms with Crippen molar-refractivity contribution < 1.29 is 4.39 Å². The van der Waals surface area contributed by atoms with Gasteiger partial charge in [-0.1, -0.05) is 0 Å². The van der Waals surface area contributed by atoms with Crippen molar-refractivity contribution in [2.75, 3.05) is 0 Å². The lowest BCUT2D eigenvalue weighted by Crippen LogP contribution is -1.80. The van der Waals surface area contributed by atoms with Crippen molar-refractivity contribution in [3.8, 4) is 21.8 Å². The van der Waals surface area contributed by atoms with Crippen LogP contribution in [0.25, 0.3) is 32.7 Å². The monoisotopic (exact) mass is 295 g/mol. The van der Waals surface area contributed by atoms with E-state index >= 15 is 0 Å². The minimum atomic E-state index is -0.244. The molecule has 0 aliphatic rings. The predicted molar refractivity (Wildman–Crippen MR) is 82.6 cm³/mol. The lowest BCUT2D eigenvalue weighted by Gasteiger charge is -1.96. The highest BCUT2D eigenvalue weighted by Gasteiger charge is 2.11. The first-order valence-electron chi connectivity index (χ1n) is 6.44. The van der Waals surface area contributed by atoms with Gasteiger partial charge in [0.05, 0.1) is 5.69 Å². The predicted octanol–water partition coefficient (Wildman–Crippen LogP) is 4.49. The molecule has 0 atom stereocenters. The van der Waals surface area contributed by atoms with Gasteiger partial charge in [0, 0.05) is 46.0 Å². The SMILES string of the molecule is Fc1ccc2[nH]cc(-c3csc(-c4cccnc4)n3)c2c1. The smallest absolute Gasteiger partial charge is 0.125 e.